The van der Waals surface area contributed by atoms with Crippen LogP contribution in [0.5, 0.6) is 0 Å². The molecule has 2 heterocycles. The Labute approximate surface area is 134 Å². The van der Waals surface area contributed by atoms with Gasteiger partial charge in [-0.1, -0.05) is 0 Å². The first-order valence-corrected chi connectivity index (χ1v) is 7.67. The summed E-state index contributed by atoms with van der Waals surface area (Å²) in [5.41, 5.74) is -0.455. The molecule has 1 saturated heterocycles. The van der Waals surface area contributed by atoms with E-state index in [4.69, 9.17) is 15.6 Å². The lowest BCUT2D eigenvalue weighted by atomic mass is 9.95. The molecule has 0 bridgehead atoms. The smallest absolute Gasteiger partial charge is 0.410 e. The second-order valence-electron chi connectivity index (χ2n) is 6.73. The molecule has 23 heavy (non-hydrogen) atoms. The molecule has 6 nitrogen and oxygen atoms in total. The molecule has 0 aromatic carbocycles. The third kappa shape index (κ3) is 4.40. The molecule has 1 aliphatic rings. The summed E-state index contributed by atoms with van der Waals surface area (Å²) in [7, 11) is 0. The quantitative estimate of drug-likeness (QED) is 0.615. The summed E-state index contributed by atoms with van der Waals surface area (Å²) in [5, 5.41) is 16.0. The van der Waals surface area contributed by atoms with Crippen molar-refractivity contribution < 1.29 is 13.9 Å². The van der Waals surface area contributed by atoms with Crippen molar-refractivity contribution in [1.29, 1.82) is 10.8 Å². The molecular formula is C16H23FN4O2. The van der Waals surface area contributed by atoms with Gasteiger partial charge < -0.3 is 9.64 Å². The van der Waals surface area contributed by atoms with Crippen molar-refractivity contribution in [2.45, 2.75) is 39.2 Å². The van der Waals surface area contributed by atoms with E-state index < -0.39 is 11.4 Å². The second kappa shape index (κ2) is 6.52. The lowest BCUT2D eigenvalue weighted by Gasteiger charge is -2.33. The molecule has 0 spiro atoms. The van der Waals surface area contributed by atoms with Gasteiger partial charge in [0.15, 0.2) is 0 Å². The number of piperidine rings is 1. The molecule has 0 unspecified atom stereocenters. The highest BCUT2D eigenvalue weighted by Gasteiger charge is 2.29. The van der Waals surface area contributed by atoms with Gasteiger partial charge in [0, 0.05) is 25.2 Å². The first kappa shape index (κ1) is 17.2. The third-order valence-corrected chi connectivity index (χ3v) is 3.71. The molecule has 1 aromatic heterocycles. The Bertz CT molecular complexity index is 655. The van der Waals surface area contributed by atoms with Gasteiger partial charge >= 0.3 is 6.09 Å². The summed E-state index contributed by atoms with van der Waals surface area (Å²) < 4.78 is 19.9. The first-order chi connectivity index (χ1) is 10.7. The predicted molar refractivity (Wildman–Crippen MR) is 83.9 cm³/mol. The lowest BCUT2D eigenvalue weighted by molar-refractivity contribution is 0.0201. The van der Waals surface area contributed by atoms with Crippen LogP contribution >= 0.6 is 0 Å². The summed E-state index contributed by atoms with van der Waals surface area (Å²) in [4.78, 5) is 13.7. The molecule has 1 aliphatic heterocycles. The number of hydrogen-bond donors (Lipinski definition) is 2. The Morgan fingerprint density at radius 1 is 1.30 bits per heavy atom. The van der Waals surface area contributed by atoms with E-state index in [0.29, 0.717) is 25.9 Å². The van der Waals surface area contributed by atoms with Crippen molar-refractivity contribution in [2.75, 3.05) is 13.1 Å². The number of carbonyl (C=O) groups excluding carboxylic acids is 1. The summed E-state index contributed by atoms with van der Waals surface area (Å²) in [5.74, 6) is -0.389. The van der Waals surface area contributed by atoms with Crippen LogP contribution in [0.15, 0.2) is 18.3 Å². The lowest BCUT2D eigenvalue weighted by Crippen LogP contribution is -2.44. The van der Waals surface area contributed by atoms with Crippen molar-refractivity contribution in [2.24, 2.45) is 5.92 Å². The number of nitrogens with one attached hydrogen (secondary N) is 2. The minimum absolute atomic E-state index is 0.0750. The minimum atomic E-state index is -0.530. The van der Waals surface area contributed by atoms with Crippen LogP contribution in [0, 0.1) is 22.6 Å². The fourth-order valence-corrected chi connectivity index (χ4v) is 2.53. The largest absolute Gasteiger partial charge is 0.444 e. The van der Waals surface area contributed by atoms with E-state index in [9.17, 15) is 9.18 Å². The average Bonchev–Trinajstić information content (AvgIpc) is 2.47. The van der Waals surface area contributed by atoms with E-state index in [1.807, 2.05) is 20.8 Å². The van der Waals surface area contributed by atoms with E-state index in [1.54, 1.807) is 4.90 Å². The van der Waals surface area contributed by atoms with Gasteiger partial charge in [0.2, 0.25) is 0 Å². The molecule has 0 radical (unpaired) electrons. The number of rotatable bonds is 1. The molecular weight excluding hydrogens is 299 g/mol. The number of carbonyl (C=O) groups is 1. The zero-order chi connectivity index (χ0) is 17.2. The van der Waals surface area contributed by atoms with Gasteiger partial charge in [-0.3, -0.25) is 15.4 Å². The van der Waals surface area contributed by atoms with Crippen molar-refractivity contribution in [3.8, 4) is 0 Å². The van der Waals surface area contributed by atoms with Crippen LogP contribution < -0.4 is 5.49 Å². The fourth-order valence-electron chi connectivity index (χ4n) is 2.53. The normalized spacial score (nSPS) is 16.3. The summed E-state index contributed by atoms with van der Waals surface area (Å²) in [6, 6.07) is 2.54. The molecule has 0 aliphatic carbocycles. The highest BCUT2D eigenvalue weighted by atomic mass is 19.1. The molecule has 126 valence electrons. The van der Waals surface area contributed by atoms with E-state index in [1.165, 1.54) is 16.7 Å². The molecule has 0 atom stereocenters. The highest BCUT2D eigenvalue weighted by molar-refractivity contribution is 5.84. The van der Waals surface area contributed by atoms with E-state index in [2.05, 4.69) is 0 Å². The zero-order valence-corrected chi connectivity index (χ0v) is 13.7. The third-order valence-electron chi connectivity index (χ3n) is 3.71. The molecule has 1 aromatic rings. The maximum Gasteiger partial charge on any atom is 0.410 e. The van der Waals surface area contributed by atoms with Crippen molar-refractivity contribution in [3.05, 3.63) is 29.6 Å². The average molecular weight is 322 g/mol. The van der Waals surface area contributed by atoms with Gasteiger partial charge in [-0.05, 0) is 45.7 Å². The molecule has 2 rings (SSSR count). The van der Waals surface area contributed by atoms with Gasteiger partial charge in [0.25, 0.3) is 0 Å². The van der Waals surface area contributed by atoms with E-state index in [0.717, 1.165) is 6.20 Å². The number of nitrogens with zero attached hydrogens (tertiary/aromatic N) is 2. The Morgan fingerprint density at radius 3 is 2.48 bits per heavy atom. The topological polar surface area (TPSA) is 82.2 Å². The second-order valence-corrected chi connectivity index (χ2v) is 6.73. The Morgan fingerprint density at radius 2 is 1.91 bits per heavy atom. The van der Waals surface area contributed by atoms with Gasteiger partial charge in [-0.25, -0.2) is 9.18 Å². The van der Waals surface area contributed by atoms with Crippen LogP contribution in [0.2, 0.25) is 0 Å². The number of aromatic nitrogens is 1. The van der Waals surface area contributed by atoms with Crippen LogP contribution in [0.1, 0.15) is 33.6 Å². The van der Waals surface area contributed by atoms with Crippen LogP contribution in [-0.2, 0) is 4.74 Å². The summed E-state index contributed by atoms with van der Waals surface area (Å²) >= 11 is 0. The zero-order valence-electron chi connectivity index (χ0n) is 13.7. The van der Waals surface area contributed by atoms with Crippen LogP contribution in [0.25, 0.3) is 0 Å². The van der Waals surface area contributed by atoms with Crippen molar-refractivity contribution >= 4 is 11.9 Å². The Kier molecular flexibility index (Phi) is 4.87. The first-order valence-electron chi connectivity index (χ1n) is 7.67. The van der Waals surface area contributed by atoms with E-state index in [-0.39, 0.29) is 23.3 Å². The van der Waals surface area contributed by atoms with Crippen molar-refractivity contribution in [1.82, 2.24) is 9.47 Å². The standard InChI is InChI=1S/C16H23FN4O2/c1-16(2,3)23-15(22)20-8-6-11(7-9-20)14(19)21-10-12(17)4-5-13(21)18/h4-5,10-11,18-19H,6-9H2,1-3H3. The minimum Gasteiger partial charge on any atom is -0.444 e. The highest BCUT2D eigenvalue weighted by Crippen LogP contribution is 2.21. The molecule has 1 fully saturated rings. The number of hydrogen-bond acceptors (Lipinski definition) is 4. The number of pyridine rings is 1. The summed E-state index contributed by atoms with van der Waals surface area (Å²) in [6.07, 6.45) is 2.01. The summed E-state index contributed by atoms with van der Waals surface area (Å²) in [6.45, 7) is 6.45. The van der Waals surface area contributed by atoms with Crippen molar-refractivity contribution in [3.63, 3.8) is 0 Å². The maximum absolute atomic E-state index is 13.3. The molecule has 1 amide bonds. The SMILES string of the molecule is CC(C)(C)OC(=O)N1CCC(C(=N)n2cc(F)ccc2=N)CC1. The van der Waals surface area contributed by atoms with Gasteiger partial charge in [-0.2, -0.15) is 0 Å². The predicted octanol–water partition coefficient (Wildman–Crippen LogP) is 2.58. The molecule has 7 heteroatoms. The van der Waals surface area contributed by atoms with Gasteiger partial charge in [0.1, 0.15) is 22.7 Å². The Balaban J connectivity index is 1.99. The van der Waals surface area contributed by atoms with Gasteiger partial charge in [0.05, 0.1) is 0 Å². The molecule has 2 N–H and O–H groups in total. The maximum atomic E-state index is 13.3. The molecule has 0 saturated carbocycles. The fraction of sp³-hybridized carbons (Fsp3) is 0.562. The van der Waals surface area contributed by atoms with Crippen LogP contribution in [0.3, 0.4) is 0 Å². The number of amides is 1. The monoisotopic (exact) mass is 322 g/mol. The van der Waals surface area contributed by atoms with Crippen LogP contribution in [0.4, 0.5) is 9.18 Å². The number of ether oxygens (including phenoxy) is 1. The van der Waals surface area contributed by atoms with E-state index >= 15 is 0 Å². The number of halogens is 1. The Hall–Kier alpha value is -2.18. The number of likely N-dealkylation sites (tertiary alicyclic amines) is 1. The van der Waals surface area contributed by atoms with Gasteiger partial charge in [-0.15, -0.1) is 0 Å². The van der Waals surface area contributed by atoms with Crippen LogP contribution in [-0.4, -0.2) is 40.1 Å².